The van der Waals surface area contributed by atoms with Gasteiger partial charge in [0, 0.05) is 11.5 Å². The second kappa shape index (κ2) is 6.38. The molecule has 2 nitrogen and oxygen atoms in total. The fraction of sp³-hybridized carbons (Fsp3) is 0.500. The highest BCUT2D eigenvalue weighted by atomic mass is 19.4. The Morgan fingerprint density at radius 1 is 1.13 bits per heavy atom. The molecule has 1 aromatic carbocycles. The van der Waals surface area contributed by atoms with Gasteiger partial charge in [-0.25, -0.2) is 4.79 Å². The van der Waals surface area contributed by atoms with E-state index in [-0.39, 0.29) is 11.5 Å². The Morgan fingerprint density at radius 3 is 2.04 bits per heavy atom. The van der Waals surface area contributed by atoms with E-state index in [0.29, 0.717) is 5.56 Å². The van der Waals surface area contributed by atoms with Gasteiger partial charge in [0.1, 0.15) is 5.60 Å². The van der Waals surface area contributed by atoms with Gasteiger partial charge in [-0.05, 0) is 44.4 Å². The van der Waals surface area contributed by atoms with E-state index in [2.05, 4.69) is 6.58 Å². The second-order valence-electron chi connectivity index (χ2n) is 6.33. The van der Waals surface area contributed by atoms with Gasteiger partial charge in [-0.15, -0.1) is 0 Å². The zero-order chi connectivity index (χ0) is 17.3. The molecule has 0 spiro atoms. The maximum atomic E-state index is 12.7. The Bertz CT molecular complexity index is 583. The minimum atomic E-state index is -4.38. The van der Waals surface area contributed by atoms with Crippen LogP contribution in [0.2, 0.25) is 0 Å². The molecule has 1 saturated carbocycles. The zero-order valence-electron chi connectivity index (χ0n) is 13.4. The van der Waals surface area contributed by atoms with Gasteiger partial charge in [-0.1, -0.05) is 31.6 Å². The molecule has 0 N–H and O–H groups in total. The lowest BCUT2D eigenvalue weighted by Gasteiger charge is -2.36. The summed E-state index contributed by atoms with van der Waals surface area (Å²) in [5.74, 6) is -0.415. The highest BCUT2D eigenvalue weighted by Crippen LogP contribution is 2.44. The molecule has 1 unspecified atom stereocenters. The highest BCUT2D eigenvalue weighted by molar-refractivity contribution is 5.87. The molecule has 0 aromatic heterocycles. The summed E-state index contributed by atoms with van der Waals surface area (Å²) < 4.78 is 43.9. The number of ether oxygens (including phenoxy) is 1. The van der Waals surface area contributed by atoms with Crippen LogP contribution in [0.5, 0.6) is 0 Å². The molecule has 1 aliphatic rings. The minimum Gasteiger partial charge on any atom is -0.451 e. The summed E-state index contributed by atoms with van der Waals surface area (Å²) in [6, 6.07) is 4.90. The Kier molecular flexibility index (Phi) is 4.87. The lowest BCUT2D eigenvalue weighted by atomic mass is 9.81. The molecule has 0 amide bonds. The molecular weight excluding hydrogens is 305 g/mol. The SMILES string of the molecule is C=C(C)C(=O)OC(C)(c1ccc(C(F)(F)F)cc1)C1CCCC1. The number of hydrogen-bond acceptors (Lipinski definition) is 2. The van der Waals surface area contributed by atoms with Gasteiger partial charge >= 0.3 is 12.1 Å². The maximum absolute atomic E-state index is 12.7. The molecule has 1 aliphatic carbocycles. The minimum absolute atomic E-state index is 0.0996. The van der Waals surface area contributed by atoms with Crippen molar-refractivity contribution in [1.29, 1.82) is 0 Å². The van der Waals surface area contributed by atoms with Crippen LogP contribution in [0.15, 0.2) is 36.4 Å². The Labute approximate surface area is 134 Å². The molecule has 1 fully saturated rings. The van der Waals surface area contributed by atoms with Crippen LogP contribution < -0.4 is 0 Å². The van der Waals surface area contributed by atoms with Crippen molar-refractivity contribution in [2.24, 2.45) is 5.92 Å². The van der Waals surface area contributed by atoms with E-state index in [0.717, 1.165) is 37.8 Å². The highest BCUT2D eigenvalue weighted by Gasteiger charge is 2.41. The average molecular weight is 326 g/mol. The molecule has 0 bridgehead atoms. The monoisotopic (exact) mass is 326 g/mol. The molecule has 126 valence electrons. The summed E-state index contributed by atoms with van der Waals surface area (Å²) in [6.45, 7) is 6.93. The number of rotatable bonds is 4. The van der Waals surface area contributed by atoms with Crippen molar-refractivity contribution < 1.29 is 22.7 Å². The summed E-state index contributed by atoms with van der Waals surface area (Å²) in [6.07, 6.45) is -0.532. The topological polar surface area (TPSA) is 26.3 Å². The molecule has 23 heavy (non-hydrogen) atoms. The predicted octanol–water partition coefficient (Wildman–Crippen LogP) is 5.23. The number of carbonyl (C=O) groups excluding carboxylic acids is 1. The third-order valence-electron chi connectivity index (χ3n) is 4.57. The summed E-state index contributed by atoms with van der Waals surface area (Å²) in [5, 5.41) is 0. The van der Waals surface area contributed by atoms with Crippen LogP contribution in [0, 0.1) is 5.92 Å². The van der Waals surface area contributed by atoms with Crippen LogP contribution in [0.3, 0.4) is 0 Å². The summed E-state index contributed by atoms with van der Waals surface area (Å²) in [5.41, 5.74) is -0.772. The molecule has 2 rings (SSSR count). The standard InChI is InChI=1S/C18H21F3O2/c1-12(2)16(22)23-17(3,13-6-4-5-7-13)14-8-10-15(11-9-14)18(19,20)21/h8-11,13H,1,4-7H2,2-3H3. The summed E-state index contributed by atoms with van der Waals surface area (Å²) in [4.78, 5) is 12.0. The molecule has 1 atom stereocenters. The van der Waals surface area contributed by atoms with Crippen LogP contribution in [0.4, 0.5) is 13.2 Å². The average Bonchev–Trinajstić information content (AvgIpc) is 3.01. The Hall–Kier alpha value is -1.78. The Morgan fingerprint density at radius 2 is 1.61 bits per heavy atom. The van der Waals surface area contributed by atoms with Crippen LogP contribution >= 0.6 is 0 Å². The van der Waals surface area contributed by atoms with Crippen LogP contribution in [0.1, 0.15) is 50.7 Å². The maximum Gasteiger partial charge on any atom is 0.416 e. The lowest BCUT2D eigenvalue weighted by molar-refractivity contribution is -0.160. The number of alkyl halides is 3. The van der Waals surface area contributed by atoms with Crippen molar-refractivity contribution in [1.82, 2.24) is 0 Å². The fourth-order valence-corrected chi connectivity index (χ4v) is 3.12. The molecule has 1 aromatic rings. The van der Waals surface area contributed by atoms with Gasteiger partial charge in [0.25, 0.3) is 0 Å². The fourth-order valence-electron chi connectivity index (χ4n) is 3.12. The van der Waals surface area contributed by atoms with E-state index in [4.69, 9.17) is 4.74 Å². The van der Waals surface area contributed by atoms with Crippen molar-refractivity contribution in [3.63, 3.8) is 0 Å². The van der Waals surface area contributed by atoms with Crippen LogP contribution in [-0.2, 0) is 21.3 Å². The van der Waals surface area contributed by atoms with Gasteiger partial charge in [0.15, 0.2) is 0 Å². The molecule has 5 heteroatoms. The first-order valence-corrected chi connectivity index (χ1v) is 7.71. The number of carbonyl (C=O) groups is 1. The van der Waals surface area contributed by atoms with Crippen molar-refractivity contribution >= 4 is 5.97 Å². The van der Waals surface area contributed by atoms with Crippen molar-refractivity contribution in [3.8, 4) is 0 Å². The quantitative estimate of drug-likeness (QED) is 0.559. The molecule has 0 saturated heterocycles. The van der Waals surface area contributed by atoms with E-state index in [1.807, 2.05) is 0 Å². The van der Waals surface area contributed by atoms with Crippen molar-refractivity contribution in [2.75, 3.05) is 0 Å². The second-order valence-corrected chi connectivity index (χ2v) is 6.33. The third-order valence-corrected chi connectivity index (χ3v) is 4.57. The number of esters is 1. The van der Waals surface area contributed by atoms with Gasteiger partial charge in [-0.3, -0.25) is 0 Å². The van der Waals surface area contributed by atoms with Gasteiger partial charge in [0.05, 0.1) is 5.56 Å². The Balaban J connectivity index is 2.36. The van der Waals surface area contributed by atoms with E-state index in [1.165, 1.54) is 12.1 Å². The van der Waals surface area contributed by atoms with E-state index in [9.17, 15) is 18.0 Å². The molecule has 0 heterocycles. The first kappa shape index (κ1) is 17.6. The first-order valence-electron chi connectivity index (χ1n) is 7.71. The third kappa shape index (κ3) is 3.77. The van der Waals surface area contributed by atoms with Crippen molar-refractivity contribution in [2.45, 2.75) is 51.3 Å². The molecular formula is C18H21F3O2. The van der Waals surface area contributed by atoms with Gasteiger partial charge < -0.3 is 4.74 Å². The van der Waals surface area contributed by atoms with Crippen LogP contribution in [0.25, 0.3) is 0 Å². The van der Waals surface area contributed by atoms with E-state index in [1.54, 1.807) is 13.8 Å². The summed E-state index contributed by atoms with van der Waals surface area (Å²) >= 11 is 0. The molecule has 0 radical (unpaired) electrons. The number of benzene rings is 1. The lowest BCUT2D eigenvalue weighted by Crippen LogP contribution is -2.36. The number of hydrogen-bond donors (Lipinski definition) is 0. The van der Waals surface area contributed by atoms with Crippen molar-refractivity contribution in [3.05, 3.63) is 47.5 Å². The smallest absolute Gasteiger partial charge is 0.416 e. The van der Waals surface area contributed by atoms with Gasteiger partial charge in [0.2, 0.25) is 0 Å². The van der Waals surface area contributed by atoms with E-state index < -0.39 is 23.3 Å². The van der Waals surface area contributed by atoms with E-state index >= 15 is 0 Å². The molecule has 0 aliphatic heterocycles. The number of halogens is 3. The van der Waals surface area contributed by atoms with Crippen LogP contribution in [-0.4, -0.2) is 5.97 Å². The predicted molar refractivity (Wildman–Crippen MR) is 81.7 cm³/mol. The van der Waals surface area contributed by atoms with Gasteiger partial charge in [-0.2, -0.15) is 13.2 Å². The summed E-state index contributed by atoms with van der Waals surface area (Å²) in [7, 11) is 0. The normalized spacial score (nSPS) is 18.5. The first-order chi connectivity index (χ1) is 10.6. The zero-order valence-corrected chi connectivity index (χ0v) is 13.4. The largest absolute Gasteiger partial charge is 0.451 e.